The minimum Gasteiger partial charge on any atom is -0.426 e. The predicted octanol–water partition coefficient (Wildman–Crippen LogP) is 13.1. The standard InChI is InChI=1S/C25H42O2.C14H26.C2H6/c1-17(2)16-25(12,24(9,10)11)21(26)27-20-14-18(22(3,4)5)13-19(15-20)23(6,7)8;1-7-8-9-13(6)14(12(4)5)10-11(2)3;1-2/h13-15,17H,16H2,1-12H3;7-9,11-12,14H,10H2,1-6H3;1-2H3/b;8-7-,13-9+;. The molecule has 0 aromatic heterocycles. The second kappa shape index (κ2) is 18.2. The molecule has 0 N–H and O–H groups in total. The summed E-state index contributed by atoms with van der Waals surface area (Å²) in [6.07, 6.45) is 8.60. The lowest BCUT2D eigenvalue weighted by atomic mass is 9.64. The van der Waals surface area contributed by atoms with Crippen molar-refractivity contribution in [3.8, 4) is 5.75 Å². The quantitative estimate of drug-likeness (QED) is 0.160. The Labute approximate surface area is 270 Å². The molecule has 1 rings (SSSR count). The van der Waals surface area contributed by atoms with Crippen LogP contribution in [0.4, 0.5) is 0 Å². The number of rotatable bonds is 9. The van der Waals surface area contributed by atoms with Crippen molar-refractivity contribution >= 4 is 5.97 Å². The van der Waals surface area contributed by atoms with Gasteiger partial charge in [-0.05, 0) is 96.8 Å². The van der Waals surface area contributed by atoms with E-state index in [0.29, 0.717) is 11.7 Å². The van der Waals surface area contributed by atoms with E-state index in [9.17, 15) is 4.79 Å². The van der Waals surface area contributed by atoms with Crippen LogP contribution in [-0.2, 0) is 15.6 Å². The number of hydrogen-bond acceptors (Lipinski definition) is 2. The van der Waals surface area contributed by atoms with E-state index in [1.165, 1.54) is 23.1 Å². The third-order valence-corrected chi connectivity index (χ3v) is 8.44. The molecule has 0 spiro atoms. The van der Waals surface area contributed by atoms with Crippen molar-refractivity contribution in [3.63, 3.8) is 0 Å². The van der Waals surface area contributed by atoms with Gasteiger partial charge in [0.1, 0.15) is 5.75 Å². The van der Waals surface area contributed by atoms with Crippen molar-refractivity contribution in [1.82, 2.24) is 0 Å². The van der Waals surface area contributed by atoms with Crippen LogP contribution in [0.1, 0.15) is 162 Å². The first-order chi connectivity index (χ1) is 19.4. The zero-order chi connectivity index (χ0) is 34.6. The van der Waals surface area contributed by atoms with Gasteiger partial charge in [0.25, 0.3) is 0 Å². The molecule has 2 heteroatoms. The van der Waals surface area contributed by atoms with Crippen molar-refractivity contribution in [2.24, 2.45) is 34.5 Å². The first kappa shape index (κ1) is 43.3. The predicted molar refractivity (Wildman–Crippen MR) is 194 cm³/mol. The maximum absolute atomic E-state index is 13.3. The highest BCUT2D eigenvalue weighted by Gasteiger charge is 2.46. The smallest absolute Gasteiger partial charge is 0.317 e. The number of esters is 1. The van der Waals surface area contributed by atoms with Gasteiger partial charge in [-0.1, -0.05) is 148 Å². The maximum Gasteiger partial charge on any atom is 0.317 e. The number of allylic oxidation sites excluding steroid dienone is 4. The Morgan fingerprint density at radius 3 is 1.51 bits per heavy atom. The van der Waals surface area contributed by atoms with Gasteiger partial charge >= 0.3 is 5.97 Å². The summed E-state index contributed by atoms with van der Waals surface area (Å²) in [7, 11) is 0. The summed E-state index contributed by atoms with van der Waals surface area (Å²) in [6, 6.07) is 6.31. The van der Waals surface area contributed by atoms with Crippen LogP contribution in [0, 0.1) is 34.5 Å². The summed E-state index contributed by atoms with van der Waals surface area (Å²) in [6.45, 7) is 43.5. The molecule has 0 saturated heterocycles. The molecule has 2 nitrogen and oxygen atoms in total. The molecule has 250 valence electrons. The van der Waals surface area contributed by atoms with E-state index in [4.69, 9.17) is 4.74 Å². The largest absolute Gasteiger partial charge is 0.426 e. The summed E-state index contributed by atoms with van der Waals surface area (Å²) in [5.74, 6) is 3.24. The van der Waals surface area contributed by atoms with E-state index < -0.39 is 5.41 Å². The molecule has 0 fully saturated rings. The van der Waals surface area contributed by atoms with Crippen molar-refractivity contribution in [2.75, 3.05) is 0 Å². The molecule has 0 radical (unpaired) electrons. The van der Waals surface area contributed by atoms with Crippen molar-refractivity contribution in [2.45, 2.75) is 162 Å². The Balaban J connectivity index is 0. The van der Waals surface area contributed by atoms with Gasteiger partial charge in [0, 0.05) is 0 Å². The molecule has 2 atom stereocenters. The zero-order valence-electron chi connectivity index (χ0n) is 32.5. The lowest BCUT2D eigenvalue weighted by Crippen LogP contribution is -2.44. The van der Waals surface area contributed by atoms with Gasteiger partial charge in [-0.15, -0.1) is 0 Å². The van der Waals surface area contributed by atoms with E-state index in [-0.39, 0.29) is 22.2 Å². The molecule has 0 aliphatic carbocycles. The minimum absolute atomic E-state index is 0.00627. The minimum atomic E-state index is -0.541. The Morgan fingerprint density at radius 2 is 1.21 bits per heavy atom. The van der Waals surface area contributed by atoms with Gasteiger partial charge in [0.05, 0.1) is 5.41 Å². The normalized spacial score (nSPS) is 15.1. The maximum atomic E-state index is 13.3. The number of ether oxygens (including phenoxy) is 1. The lowest BCUT2D eigenvalue weighted by molar-refractivity contribution is -0.153. The molecule has 1 aromatic carbocycles. The second-order valence-electron chi connectivity index (χ2n) is 16.7. The topological polar surface area (TPSA) is 26.3 Å². The third kappa shape index (κ3) is 15.1. The van der Waals surface area contributed by atoms with Crippen molar-refractivity contribution in [1.29, 1.82) is 0 Å². The molecule has 2 unspecified atom stereocenters. The van der Waals surface area contributed by atoms with Crippen LogP contribution in [0.25, 0.3) is 0 Å². The molecular weight excluding hydrogens is 524 g/mol. The fourth-order valence-corrected chi connectivity index (χ4v) is 5.12. The van der Waals surface area contributed by atoms with E-state index in [1.807, 2.05) is 32.9 Å². The summed E-state index contributed by atoms with van der Waals surface area (Å²) >= 11 is 0. The lowest BCUT2D eigenvalue weighted by Gasteiger charge is -2.40. The number of carbonyl (C=O) groups excluding carboxylic acids is 1. The van der Waals surface area contributed by atoms with Gasteiger partial charge in [-0.3, -0.25) is 4.79 Å². The third-order valence-electron chi connectivity index (χ3n) is 8.44. The van der Waals surface area contributed by atoms with Gasteiger partial charge in [-0.25, -0.2) is 0 Å². The van der Waals surface area contributed by atoms with Crippen LogP contribution in [-0.4, -0.2) is 5.97 Å². The summed E-state index contributed by atoms with van der Waals surface area (Å²) in [4.78, 5) is 13.3. The van der Waals surface area contributed by atoms with E-state index in [0.717, 1.165) is 24.2 Å². The molecule has 43 heavy (non-hydrogen) atoms. The fourth-order valence-electron chi connectivity index (χ4n) is 5.12. The Morgan fingerprint density at radius 1 is 0.767 bits per heavy atom. The summed E-state index contributed by atoms with van der Waals surface area (Å²) in [5.41, 5.74) is 3.18. The van der Waals surface area contributed by atoms with Crippen LogP contribution in [0.2, 0.25) is 0 Å². The van der Waals surface area contributed by atoms with Crippen LogP contribution in [0.3, 0.4) is 0 Å². The average molecular weight is 599 g/mol. The first-order valence-electron chi connectivity index (χ1n) is 17.0. The summed E-state index contributed by atoms with van der Waals surface area (Å²) < 4.78 is 6.04. The summed E-state index contributed by atoms with van der Waals surface area (Å²) in [5, 5.41) is 0. The highest BCUT2D eigenvalue weighted by atomic mass is 16.5. The molecule has 0 bridgehead atoms. The first-order valence-corrected chi connectivity index (χ1v) is 17.0. The monoisotopic (exact) mass is 599 g/mol. The fraction of sp³-hybridized carbons (Fsp3) is 0.732. The highest BCUT2D eigenvalue weighted by Crippen LogP contribution is 2.45. The highest BCUT2D eigenvalue weighted by molar-refractivity contribution is 5.80. The van der Waals surface area contributed by atoms with E-state index in [2.05, 4.69) is 142 Å². The molecule has 0 amide bonds. The number of hydrogen-bond donors (Lipinski definition) is 0. The molecule has 1 aromatic rings. The van der Waals surface area contributed by atoms with E-state index in [1.54, 1.807) is 0 Å². The van der Waals surface area contributed by atoms with Gasteiger partial charge in [0.2, 0.25) is 0 Å². The molecule has 0 aliphatic heterocycles. The van der Waals surface area contributed by atoms with Crippen LogP contribution in [0.15, 0.2) is 42.0 Å². The average Bonchev–Trinajstić information content (AvgIpc) is 2.84. The Hall–Kier alpha value is -1.83. The number of benzene rings is 1. The zero-order valence-corrected chi connectivity index (χ0v) is 32.5. The second-order valence-corrected chi connectivity index (χ2v) is 16.7. The van der Waals surface area contributed by atoms with Crippen LogP contribution in [0.5, 0.6) is 5.75 Å². The van der Waals surface area contributed by atoms with Gasteiger partial charge in [0.15, 0.2) is 0 Å². The van der Waals surface area contributed by atoms with Crippen LogP contribution < -0.4 is 4.74 Å². The SMILES string of the molecule is C/C=C\C=C(/C)C(CC(C)C)C(C)C.CC.CC(C)CC(C)(C(=O)Oc1cc(C(C)(C)C)cc(C(C)(C)C)c1)C(C)(C)C. The van der Waals surface area contributed by atoms with Crippen LogP contribution >= 0.6 is 0 Å². The number of carbonyl (C=O) groups is 1. The molecule has 0 aliphatic rings. The molecule has 0 heterocycles. The van der Waals surface area contributed by atoms with Crippen molar-refractivity contribution in [3.05, 3.63) is 53.1 Å². The Kier molecular flexibility index (Phi) is 18.3. The molecular formula is C41H74O2. The van der Waals surface area contributed by atoms with Crippen molar-refractivity contribution < 1.29 is 9.53 Å². The van der Waals surface area contributed by atoms with Gasteiger partial charge < -0.3 is 4.74 Å². The van der Waals surface area contributed by atoms with Gasteiger partial charge in [-0.2, -0.15) is 0 Å². The molecule has 0 saturated carbocycles. The van der Waals surface area contributed by atoms with E-state index >= 15 is 0 Å². The Bertz CT molecular complexity index is 967.